The Balaban J connectivity index is 0.00000200. The molecule has 0 spiro atoms. The molecular weight excluding hydrogens is 286 g/mol. The second-order valence-electron chi connectivity index (χ2n) is 4.86. The maximum atomic E-state index is 12.0. The number of likely N-dealkylation sites (tertiary alicyclic amines) is 1. The topological polar surface area (TPSA) is 24.5 Å². The van der Waals surface area contributed by atoms with Gasteiger partial charge < -0.3 is 10.1 Å². The zero-order valence-corrected chi connectivity index (χ0v) is 12.3. The Labute approximate surface area is 124 Å². The summed E-state index contributed by atoms with van der Waals surface area (Å²) in [6, 6.07) is 7.52. The smallest absolute Gasteiger partial charge is 0.387 e. The number of benzene rings is 1. The zero-order valence-electron chi connectivity index (χ0n) is 11.5. The molecular formula is C14H21ClF2N2O. The third-order valence-electron chi connectivity index (χ3n) is 3.55. The first kappa shape index (κ1) is 17.1. The molecule has 1 saturated heterocycles. The van der Waals surface area contributed by atoms with Gasteiger partial charge in [-0.3, -0.25) is 4.90 Å². The fourth-order valence-electron chi connectivity index (χ4n) is 2.41. The molecule has 1 aromatic rings. The molecule has 3 nitrogen and oxygen atoms in total. The van der Waals surface area contributed by atoms with Gasteiger partial charge in [-0.2, -0.15) is 8.78 Å². The molecule has 1 heterocycles. The lowest BCUT2D eigenvalue weighted by molar-refractivity contribution is -0.0498. The van der Waals surface area contributed by atoms with Crippen molar-refractivity contribution in [1.82, 2.24) is 10.2 Å². The molecule has 1 N–H and O–H groups in total. The molecule has 0 atom stereocenters. The monoisotopic (exact) mass is 306 g/mol. The van der Waals surface area contributed by atoms with E-state index in [2.05, 4.69) is 15.0 Å². The molecule has 0 radical (unpaired) electrons. The first-order valence-corrected chi connectivity index (χ1v) is 6.61. The van der Waals surface area contributed by atoms with E-state index in [0.717, 1.165) is 38.0 Å². The van der Waals surface area contributed by atoms with Gasteiger partial charge in [0, 0.05) is 12.6 Å². The van der Waals surface area contributed by atoms with E-state index in [1.807, 2.05) is 19.2 Å². The minimum Gasteiger partial charge on any atom is -0.435 e. The van der Waals surface area contributed by atoms with E-state index in [1.54, 1.807) is 12.1 Å². The Hall–Kier alpha value is -0.910. The number of ether oxygens (including phenoxy) is 1. The number of halogens is 3. The van der Waals surface area contributed by atoms with Crippen molar-refractivity contribution >= 4 is 12.4 Å². The van der Waals surface area contributed by atoms with Crippen LogP contribution in [0.1, 0.15) is 18.4 Å². The van der Waals surface area contributed by atoms with E-state index in [9.17, 15) is 8.78 Å². The normalized spacial score (nSPS) is 17.0. The lowest BCUT2D eigenvalue weighted by atomic mass is 10.0. The molecule has 1 aliphatic rings. The van der Waals surface area contributed by atoms with E-state index in [-0.39, 0.29) is 18.2 Å². The van der Waals surface area contributed by atoms with Gasteiger partial charge in [-0.25, -0.2) is 0 Å². The number of hydrogen-bond donors (Lipinski definition) is 1. The summed E-state index contributed by atoms with van der Waals surface area (Å²) < 4.78 is 28.4. The van der Waals surface area contributed by atoms with Crippen LogP contribution in [-0.4, -0.2) is 37.7 Å². The zero-order chi connectivity index (χ0) is 13.7. The summed E-state index contributed by atoms with van der Waals surface area (Å²) in [6.07, 6.45) is 2.31. The fourth-order valence-corrected chi connectivity index (χ4v) is 2.41. The van der Waals surface area contributed by atoms with Gasteiger partial charge in [-0.1, -0.05) is 12.1 Å². The SMILES string of the molecule is CNC1CCN(Cc2ccc(OC(F)F)cc2)CC1.Cl. The number of hydrogen-bond acceptors (Lipinski definition) is 3. The van der Waals surface area contributed by atoms with E-state index in [4.69, 9.17) is 0 Å². The first-order chi connectivity index (χ1) is 9.17. The molecule has 1 aliphatic heterocycles. The van der Waals surface area contributed by atoms with Crippen LogP contribution in [0.3, 0.4) is 0 Å². The predicted molar refractivity (Wildman–Crippen MR) is 77.7 cm³/mol. The van der Waals surface area contributed by atoms with Gasteiger partial charge in [0.15, 0.2) is 0 Å². The lowest BCUT2D eigenvalue weighted by Crippen LogP contribution is -2.40. The molecule has 20 heavy (non-hydrogen) atoms. The van der Waals surface area contributed by atoms with Crippen LogP contribution in [-0.2, 0) is 6.54 Å². The number of alkyl halides is 2. The third-order valence-corrected chi connectivity index (χ3v) is 3.55. The fraction of sp³-hybridized carbons (Fsp3) is 0.571. The van der Waals surface area contributed by atoms with Crippen LogP contribution in [0.2, 0.25) is 0 Å². The summed E-state index contributed by atoms with van der Waals surface area (Å²) in [7, 11) is 2.00. The van der Waals surface area contributed by atoms with Crippen LogP contribution in [0, 0.1) is 0 Å². The average Bonchev–Trinajstić information content (AvgIpc) is 2.41. The molecule has 0 amide bonds. The first-order valence-electron chi connectivity index (χ1n) is 6.61. The predicted octanol–water partition coefficient (Wildman–Crippen LogP) is 2.89. The Bertz CT molecular complexity index is 381. The molecule has 0 saturated carbocycles. The molecule has 6 heteroatoms. The minimum absolute atomic E-state index is 0. The summed E-state index contributed by atoms with van der Waals surface area (Å²) in [6.45, 7) is 0.249. The van der Waals surface area contributed by atoms with Crippen molar-refractivity contribution in [3.05, 3.63) is 29.8 Å². The van der Waals surface area contributed by atoms with Crippen LogP contribution in [0.25, 0.3) is 0 Å². The Kier molecular flexibility index (Phi) is 7.19. The maximum absolute atomic E-state index is 12.0. The molecule has 0 unspecified atom stereocenters. The van der Waals surface area contributed by atoms with Crippen molar-refractivity contribution in [2.45, 2.75) is 32.0 Å². The lowest BCUT2D eigenvalue weighted by Gasteiger charge is -2.31. The number of rotatable bonds is 5. The maximum Gasteiger partial charge on any atom is 0.387 e. The van der Waals surface area contributed by atoms with E-state index in [1.165, 1.54) is 0 Å². The Morgan fingerprint density at radius 1 is 1.25 bits per heavy atom. The molecule has 1 fully saturated rings. The van der Waals surface area contributed by atoms with Gasteiger partial charge in [0.05, 0.1) is 0 Å². The summed E-state index contributed by atoms with van der Waals surface area (Å²) in [5.74, 6) is 0.215. The number of nitrogens with one attached hydrogen (secondary N) is 1. The van der Waals surface area contributed by atoms with Crippen molar-refractivity contribution in [1.29, 1.82) is 0 Å². The van der Waals surface area contributed by atoms with Crippen LogP contribution in [0.5, 0.6) is 5.75 Å². The van der Waals surface area contributed by atoms with Gasteiger partial charge in [0.1, 0.15) is 5.75 Å². The summed E-state index contributed by atoms with van der Waals surface area (Å²) in [5.41, 5.74) is 1.13. The standard InChI is InChI=1S/C14H20F2N2O.ClH/c1-17-12-6-8-18(9-7-12)10-11-2-4-13(5-3-11)19-14(15)16;/h2-5,12,14,17H,6-10H2,1H3;1H. The van der Waals surface area contributed by atoms with Gasteiger partial charge >= 0.3 is 6.61 Å². The van der Waals surface area contributed by atoms with Crippen LogP contribution < -0.4 is 10.1 Å². The van der Waals surface area contributed by atoms with Crippen molar-refractivity contribution in [3.63, 3.8) is 0 Å². The molecule has 114 valence electrons. The van der Waals surface area contributed by atoms with E-state index in [0.29, 0.717) is 6.04 Å². The largest absolute Gasteiger partial charge is 0.435 e. The van der Waals surface area contributed by atoms with Crippen molar-refractivity contribution in [2.24, 2.45) is 0 Å². The second-order valence-corrected chi connectivity index (χ2v) is 4.86. The third kappa shape index (κ3) is 5.23. The molecule has 0 bridgehead atoms. The van der Waals surface area contributed by atoms with Crippen LogP contribution in [0.4, 0.5) is 8.78 Å². The quantitative estimate of drug-likeness (QED) is 0.905. The van der Waals surface area contributed by atoms with Crippen LogP contribution in [0.15, 0.2) is 24.3 Å². The van der Waals surface area contributed by atoms with Crippen molar-refractivity contribution in [2.75, 3.05) is 20.1 Å². The second kappa shape index (κ2) is 8.39. The summed E-state index contributed by atoms with van der Waals surface area (Å²) in [4.78, 5) is 2.39. The minimum atomic E-state index is -2.76. The molecule has 0 aliphatic carbocycles. The van der Waals surface area contributed by atoms with E-state index >= 15 is 0 Å². The van der Waals surface area contributed by atoms with Crippen molar-refractivity contribution < 1.29 is 13.5 Å². The summed E-state index contributed by atoms with van der Waals surface area (Å²) in [5, 5.41) is 3.30. The highest BCUT2D eigenvalue weighted by molar-refractivity contribution is 5.85. The highest BCUT2D eigenvalue weighted by Gasteiger charge is 2.17. The number of piperidine rings is 1. The molecule has 2 rings (SSSR count). The molecule has 0 aromatic heterocycles. The van der Waals surface area contributed by atoms with Crippen LogP contribution >= 0.6 is 12.4 Å². The number of nitrogens with zero attached hydrogens (tertiary/aromatic N) is 1. The van der Waals surface area contributed by atoms with Gasteiger partial charge in [0.2, 0.25) is 0 Å². The Morgan fingerprint density at radius 3 is 2.35 bits per heavy atom. The molecule has 1 aromatic carbocycles. The van der Waals surface area contributed by atoms with E-state index < -0.39 is 6.61 Å². The highest BCUT2D eigenvalue weighted by Crippen LogP contribution is 2.18. The van der Waals surface area contributed by atoms with Gasteiger partial charge in [0.25, 0.3) is 0 Å². The van der Waals surface area contributed by atoms with Gasteiger partial charge in [-0.15, -0.1) is 12.4 Å². The highest BCUT2D eigenvalue weighted by atomic mass is 35.5. The Morgan fingerprint density at radius 2 is 1.85 bits per heavy atom. The average molecular weight is 307 g/mol. The van der Waals surface area contributed by atoms with Gasteiger partial charge in [-0.05, 0) is 50.7 Å². The van der Waals surface area contributed by atoms with Crippen molar-refractivity contribution in [3.8, 4) is 5.75 Å². The summed E-state index contributed by atoms with van der Waals surface area (Å²) >= 11 is 0.